The molecule has 0 aliphatic heterocycles. The van der Waals surface area contributed by atoms with Gasteiger partial charge in [0.25, 0.3) is 5.89 Å². The molecule has 7 nitrogen and oxygen atoms in total. The molecule has 0 aliphatic carbocycles. The summed E-state index contributed by atoms with van der Waals surface area (Å²) >= 11 is 0. The Kier molecular flexibility index (Phi) is 4.42. The molecule has 0 atom stereocenters. The van der Waals surface area contributed by atoms with E-state index in [-0.39, 0.29) is 23.8 Å². The van der Waals surface area contributed by atoms with Gasteiger partial charge in [-0.1, -0.05) is 29.4 Å². The number of carbonyl (C=O) groups is 1. The third-order valence-electron chi connectivity index (χ3n) is 3.26. The minimum atomic E-state index is -1.06. The van der Waals surface area contributed by atoms with Gasteiger partial charge in [-0.3, -0.25) is 0 Å². The van der Waals surface area contributed by atoms with Gasteiger partial charge < -0.3 is 19.1 Å². The van der Waals surface area contributed by atoms with Crippen LogP contribution in [0, 0.1) is 0 Å². The van der Waals surface area contributed by atoms with Gasteiger partial charge in [0.1, 0.15) is 17.1 Å². The largest absolute Gasteiger partial charge is 0.497 e. The van der Waals surface area contributed by atoms with Crippen LogP contribution in [0.15, 0.2) is 53.1 Å². The van der Waals surface area contributed by atoms with Gasteiger partial charge in [-0.05, 0) is 24.3 Å². The van der Waals surface area contributed by atoms with Crippen molar-refractivity contribution >= 4 is 5.97 Å². The number of aromatic nitrogens is 2. The van der Waals surface area contributed by atoms with E-state index in [0.29, 0.717) is 11.6 Å². The number of nitrogens with zero attached hydrogens (tertiary/aromatic N) is 2. The van der Waals surface area contributed by atoms with Crippen molar-refractivity contribution < 1.29 is 23.9 Å². The number of carboxylic acid groups (broad SMARTS) is 1. The van der Waals surface area contributed by atoms with E-state index in [9.17, 15) is 4.79 Å². The molecule has 1 N–H and O–H groups in total. The summed E-state index contributed by atoms with van der Waals surface area (Å²) in [7, 11) is 1.58. The second-order valence-electron chi connectivity index (χ2n) is 4.83. The molecule has 0 fully saturated rings. The van der Waals surface area contributed by atoms with Gasteiger partial charge in [-0.25, -0.2) is 4.79 Å². The summed E-state index contributed by atoms with van der Waals surface area (Å²) < 4.78 is 15.8. The number of hydrogen-bond acceptors (Lipinski definition) is 6. The van der Waals surface area contributed by atoms with Crippen molar-refractivity contribution in [1.82, 2.24) is 10.1 Å². The van der Waals surface area contributed by atoms with E-state index < -0.39 is 5.97 Å². The molecule has 3 rings (SSSR count). The first-order chi connectivity index (χ1) is 11.7. The Hall–Kier alpha value is -3.35. The molecular weight excluding hydrogens is 312 g/mol. The molecule has 0 saturated heterocycles. The number of rotatable bonds is 6. The minimum absolute atomic E-state index is 0.0265. The molecule has 24 heavy (non-hydrogen) atoms. The number of ether oxygens (including phenoxy) is 2. The highest BCUT2D eigenvalue weighted by atomic mass is 16.5. The first-order valence-electron chi connectivity index (χ1n) is 7.09. The summed E-state index contributed by atoms with van der Waals surface area (Å²) in [6.45, 7) is -0.0265. The highest BCUT2D eigenvalue weighted by molar-refractivity contribution is 5.90. The molecule has 1 heterocycles. The number of methoxy groups -OCH3 is 1. The third kappa shape index (κ3) is 3.35. The lowest BCUT2D eigenvalue weighted by molar-refractivity contribution is 0.0691. The van der Waals surface area contributed by atoms with Crippen LogP contribution in [0.1, 0.15) is 16.2 Å². The fourth-order valence-electron chi connectivity index (χ4n) is 2.10. The molecule has 0 radical (unpaired) electrons. The molecule has 122 valence electrons. The van der Waals surface area contributed by atoms with Crippen molar-refractivity contribution in [1.29, 1.82) is 0 Å². The molecule has 0 amide bonds. The predicted molar refractivity (Wildman–Crippen MR) is 84.0 cm³/mol. The van der Waals surface area contributed by atoms with Gasteiger partial charge in [0.15, 0.2) is 6.61 Å². The molecule has 0 bridgehead atoms. The van der Waals surface area contributed by atoms with Crippen LogP contribution in [-0.2, 0) is 6.61 Å². The molecule has 3 aromatic rings. The second kappa shape index (κ2) is 6.82. The number of para-hydroxylation sites is 1. The zero-order valence-electron chi connectivity index (χ0n) is 12.8. The van der Waals surface area contributed by atoms with Crippen LogP contribution in [-0.4, -0.2) is 28.3 Å². The van der Waals surface area contributed by atoms with Gasteiger partial charge in [0.2, 0.25) is 5.82 Å². The van der Waals surface area contributed by atoms with Crippen LogP contribution in [0.3, 0.4) is 0 Å². The van der Waals surface area contributed by atoms with Crippen LogP contribution in [0.2, 0.25) is 0 Å². The maximum absolute atomic E-state index is 11.1. The van der Waals surface area contributed by atoms with Crippen molar-refractivity contribution in [3.63, 3.8) is 0 Å². The van der Waals surface area contributed by atoms with E-state index in [1.807, 2.05) is 18.2 Å². The Bertz CT molecular complexity index is 859. The van der Waals surface area contributed by atoms with Gasteiger partial charge in [0, 0.05) is 5.56 Å². The lowest BCUT2D eigenvalue weighted by atomic mass is 10.2. The monoisotopic (exact) mass is 326 g/mol. The van der Waals surface area contributed by atoms with Crippen molar-refractivity contribution in [3.8, 4) is 22.9 Å². The average molecular weight is 326 g/mol. The standard InChI is InChI=1S/C17H14N2O5/c1-22-12-6-4-5-11(9-12)16-18-15(24-19-16)10-23-14-8-3-2-7-13(14)17(20)21/h2-9H,10H2,1H3,(H,20,21). The summed E-state index contributed by atoms with van der Waals surface area (Å²) in [5.74, 6) is 0.511. The summed E-state index contributed by atoms with van der Waals surface area (Å²) in [5.41, 5.74) is 0.820. The predicted octanol–water partition coefficient (Wildman–Crippen LogP) is 3.02. The van der Waals surface area contributed by atoms with Crippen molar-refractivity contribution in [2.75, 3.05) is 7.11 Å². The summed E-state index contributed by atoms with van der Waals surface area (Å²) in [4.78, 5) is 15.4. The van der Waals surface area contributed by atoms with Crippen LogP contribution in [0.25, 0.3) is 11.4 Å². The molecule has 0 saturated carbocycles. The quantitative estimate of drug-likeness (QED) is 0.744. The Labute approximate surface area is 137 Å². The SMILES string of the molecule is COc1cccc(-c2noc(COc3ccccc3C(=O)O)n2)c1. The lowest BCUT2D eigenvalue weighted by Crippen LogP contribution is -2.03. The normalized spacial score (nSPS) is 10.4. The number of hydrogen-bond donors (Lipinski definition) is 1. The first kappa shape index (κ1) is 15.5. The number of aromatic carboxylic acids is 1. The van der Waals surface area contributed by atoms with Gasteiger partial charge >= 0.3 is 5.97 Å². The topological polar surface area (TPSA) is 94.7 Å². The smallest absolute Gasteiger partial charge is 0.339 e. The van der Waals surface area contributed by atoms with E-state index in [1.54, 1.807) is 31.4 Å². The zero-order chi connectivity index (χ0) is 16.9. The van der Waals surface area contributed by atoms with Gasteiger partial charge in [-0.2, -0.15) is 4.98 Å². The van der Waals surface area contributed by atoms with E-state index >= 15 is 0 Å². The summed E-state index contributed by atoms with van der Waals surface area (Å²) in [6.07, 6.45) is 0. The molecule has 1 aromatic heterocycles. The van der Waals surface area contributed by atoms with Crippen LogP contribution in [0.4, 0.5) is 0 Å². The summed E-state index contributed by atoms with van der Waals surface area (Å²) in [5, 5.41) is 13.0. The Morgan fingerprint density at radius 1 is 1.21 bits per heavy atom. The average Bonchev–Trinajstić information content (AvgIpc) is 3.09. The summed E-state index contributed by atoms with van der Waals surface area (Å²) in [6, 6.07) is 13.6. The lowest BCUT2D eigenvalue weighted by Gasteiger charge is -2.06. The molecule has 7 heteroatoms. The van der Waals surface area contributed by atoms with Crippen LogP contribution >= 0.6 is 0 Å². The molecule has 0 unspecified atom stereocenters. The van der Waals surface area contributed by atoms with E-state index in [1.165, 1.54) is 6.07 Å². The molecule has 0 spiro atoms. The Balaban J connectivity index is 1.74. The van der Waals surface area contributed by atoms with Crippen LogP contribution in [0.5, 0.6) is 11.5 Å². The second-order valence-corrected chi connectivity index (χ2v) is 4.83. The van der Waals surface area contributed by atoms with Crippen molar-refractivity contribution in [3.05, 3.63) is 60.0 Å². The highest BCUT2D eigenvalue weighted by Gasteiger charge is 2.13. The molecule has 0 aliphatic rings. The maximum Gasteiger partial charge on any atom is 0.339 e. The van der Waals surface area contributed by atoms with Crippen molar-refractivity contribution in [2.24, 2.45) is 0 Å². The molecular formula is C17H14N2O5. The minimum Gasteiger partial charge on any atom is -0.497 e. The third-order valence-corrected chi connectivity index (χ3v) is 3.26. The van der Waals surface area contributed by atoms with E-state index in [0.717, 1.165) is 5.56 Å². The maximum atomic E-state index is 11.1. The van der Waals surface area contributed by atoms with E-state index in [4.69, 9.17) is 19.1 Å². The fourth-order valence-corrected chi connectivity index (χ4v) is 2.10. The van der Waals surface area contributed by atoms with Gasteiger partial charge in [-0.15, -0.1) is 0 Å². The highest BCUT2D eigenvalue weighted by Crippen LogP contribution is 2.22. The first-order valence-corrected chi connectivity index (χ1v) is 7.09. The number of benzene rings is 2. The number of carboxylic acids is 1. The zero-order valence-corrected chi connectivity index (χ0v) is 12.8. The van der Waals surface area contributed by atoms with Gasteiger partial charge in [0.05, 0.1) is 7.11 Å². The van der Waals surface area contributed by atoms with Crippen molar-refractivity contribution in [2.45, 2.75) is 6.61 Å². The Morgan fingerprint density at radius 2 is 2.04 bits per heavy atom. The molecule has 2 aromatic carbocycles. The fraction of sp³-hybridized carbons (Fsp3) is 0.118. The Morgan fingerprint density at radius 3 is 2.83 bits per heavy atom. The van der Waals surface area contributed by atoms with Crippen LogP contribution < -0.4 is 9.47 Å². The van der Waals surface area contributed by atoms with E-state index in [2.05, 4.69) is 10.1 Å².